The molecule has 0 saturated carbocycles. The van der Waals surface area contributed by atoms with Crippen LogP contribution in [-0.2, 0) is 12.7 Å². The fourth-order valence-electron chi connectivity index (χ4n) is 2.31. The van der Waals surface area contributed by atoms with Crippen molar-refractivity contribution in [1.29, 1.82) is 0 Å². The molecule has 2 aromatic carbocycles. The van der Waals surface area contributed by atoms with Crippen LogP contribution in [0.4, 0.5) is 24.8 Å². The zero-order valence-corrected chi connectivity index (χ0v) is 16.3. The van der Waals surface area contributed by atoms with E-state index in [0.717, 1.165) is 12.1 Å². The number of nitrogens with zero attached hydrogens (tertiary/aromatic N) is 3. The van der Waals surface area contributed by atoms with Gasteiger partial charge in [0.05, 0.1) is 22.8 Å². The fraction of sp³-hybridized carbons (Fsp3) is 0.118. The van der Waals surface area contributed by atoms with E-state index < -0.39 is 11.7 Å². The van der Waals surface area contributed by atoms with Gasteiger partial charge in [0, 0.05) is 5.02 Å². The summed E-state index contributed by atoms with van der Waals surface area (Å²) in [5.74, 6) is 0.183. The van der Waals surface area contributed by atoms with Crippen LogP contribution < -0.4 is 10.6 Å². The van der Waals surface area contributed by atoms with Crippen molar-refractivity contribution in [2.24, 2.45) is 0 Å². The maximum atomic E-state index is 12.8. The van der Waals surface area contributed by atoms with Crippen LogP contribution in [0.15, 0.2) is 48.8 Å². The van der Waals surface area contributed by atoms with E-state index in [4.69, 9.17) is 35.4 Å². The molecule has 1 aromatic heterocycles. The third-order valence-electron chi connectivity index (χ3n) is 3.54. The summed E-state index contributed by atoms with van der Waals surface area (Å²) in [7, 11) is 0. The number of nitrogens with one attached hydrogen (secondary N) is 2. The van der Waals surface area contributed by atoms with Gasteiger partial charge in [-0.05, 0) is 48.1 Å². The zero-order chi connectivity index (χ0) is 20.3. The lowest BCUT2D eigenvalue weighted by molar-refractivity contribution is -0.137. The third kappa shape index (κ3) is 5.34. The smallest absolute Gasteiger partial charge is 0.331 e. The number of hydrogen-bond acceptors (Lipinski definition) is 3. The molecule has 0 amide bonds. The van der Waals surface area contributed by atoms with Gasteiger partial charge in [0.1, 0.15) is 6.33 Å². The molecule has 0 spiro atoms. The van der Waals surface area contributed by atoms with Gasteiger partial charge in [-0.25, -0.2) is 9.67 Å². The summed E-state index contributed by atoms with van der Waals surface area (Å²) in [6, 6.07) is 9.89. The topological polar surface area (TPSA) is 54.8 Å². The average molecular weight is 446 g/mol. The number of anilines is 2. The van der Waals surface area contributed by atoms with Crippen molar-refractivity contribution in [3.05, 3.63) is 70.0 Å². The van der Waals surface area contributed by atoms with Crippen LogP contribution >= 0.6 is 35.4 Å². The standard InChI is InChI=1S/C17H12Cl2F3N5S/c18-12-4-5-13(19)14(7-12)24-16(28)25-15-23-9-27(26-15)8-10-2-1-3-11(6-10)17(20,21)22/h1-7,9H,8H2,(H2,24,25,26,28). The van der Waals surface area contributed by atoms with E-state index in [-0.39, 0.29) is 17.6 Å². The molecular formula is C17H12Cl2F3N5S. The van der Waals surface area contributed by atoms with Gasteiger partial charge in [-0.2, -0.15) is 13.2 Å². The van der Waals surface area contributed by atoms with Crippen molar-refractivity contribution in [2.75, 3.05) is 10.6 Å². The lowest BCUT2D eigenvalue weighted by atomic mass is 10.1. The summed E-state index contributed by atoms with van der Waals surface area (Å²) >= 11 is 17.2. The Morgan fingerprint density at radius 3 is 2.64 bits per heavy atom. The first-order valence-corrected chi connectivity index (χ1v) is 8.96. The second-order valence-electron chi connectivity index (χ2n) is 5.67. The lowest BCUT2D eigenvalue weighted by Crippen LogP contribution is -2.20. The number of thiocarbonyl (C=S) groups is 1. The highest BCUT2D eigenvalue weighted by molar-refractivity contribution is 7.80. The Hall–Kier alpha value is -2.36. The molecule has 3 aromatic rings. The van der Waals surface area contributed by atoms with Gasteiger partial charge in [0.2, 0.25) is 5.95 Å². The van der Waals surface area contributed by atoms with Gasteiger partial charge in [0.25, 0.3) is 0 Å². The summed E-state index contributed by atoms with van der Waals surface area (Å²) in [6.07, 6.45) is -3.01. The van der Waals surface area contributed by atoms with Crippen LogP contribution in [0.25, 0.3) is 0 Å². The van der Waals surface area contributed by atoms with Crippen LogP contribution in [-0.4, -0.2) is 19.9 Å². The van der Waals surface area contributed by atoms with Crippen molar-refractivity contribution in [2.45, 2.75) is 12.7 Å². The SMILES string of the molecule is FC(F)(F)c1cccc(Cn2cnc(NC(=S)Nc3cc(Cl)ccc3Cl)n2)c1. The molecule has 3 rings (SSSR count). The van der Waals surface area contributed by atoms with Crippen molar-refractivity contribution < 1.29 is 13.2 Å². The van der Waals surface area contributed by atoms with Gasteiger partial charge in [-0.3, -0.25) is 5.32 Å². The summed E-state index contributed by atoms with van der Waals surface area (Å²) in [5, 5.41) is 10.9. The average Bonchev–Trinajstić information content (AvgIpc) is 3.04. The van der Waals surface area contributed by atoms with Gasteiger partial charge < -0.3 is 5.32 Å². The minimum atomic E-state index is -4.40. The molecule has 0 radical (unpaired) electrons. The first-order chi connectivity index (χ1) is 13.2. The van der Waals surface area contributed by atoms with Crippen molar-refractivity contribution in [1.82, 2.24) is 14.8 Å². The highest BCUT2D eigenvalue weighted by Gasteiger charge is 2.30. The Kier molecular flexibility index (Phi) is 6.07. The predicted molar refractivity (Wildman–Crippen MR) is 107 cm³/mol. The number of halogens is 5. The quantitative estimate of drug-likeness (QED) is 0.522. The normalized spacial score (nSPS) is 11.3. The van der Waals surface area contributed by atoms with Crippen LogP contribution in [0.1, 0.15) is 11.1 Å². The van der Waals surface area contributed by atoms with Gasteiger partial charge in [-0.15, -0.1) is 5.10 Å². The maximum absolute atomic E-state index is 12.8. The van der Waals surface area contributed by atoms with E-state index in [1.165, 1.54) is 17.1 Å². The van der Waals surface area contributed by atoms with Crippen LogP contribution in [0.3, 0.4) is 0 Å². The van der Waals surface area contributed by atoms with Gasteiger partial charge in [-0.1, -0.05) is 35.3 Å². The van der Waals surface area contributed by atoms with Gasteiger partial charge >= 0.3 is 6.18 Å². The molecule has 0 aliphatic heterocycles. The van der Waals surface area contributed by atoms with E-state index in [2.05, 4.69) is 20.7 Å². The Morgan fingerprint density at radius 2 is 1.89 bits per heavy atom. The second-order valence-corrected chi connectivity index (χ2v) is 6.92. The van der Waals surface area contributed by atoms with E-state index in [1.54, 1.807) is 24.3 Å². The number of rotatable bonds is 4. The van der Waals surface area contributed by atoms with E-state index in [9.17, 15) is 13.2 Å². The molecule has 0 fully saturated rings. The summed E-state index contributed by atoms with van der Waals surface area (Å²) < 4.78 is 39.8. The summed E-state index contributed by atoms with van der Waals surface area (Å²) in [4.78, 5) is 4.04. The fourth-order valence-corrected chi connectivity index (χ4v) is 2.85. The van der Waals surface area contributed by atoms with Crippen LogP contribution in [0, 0.1) is 0 Å². The number of benzene rings is 2. The predicted octanol–water partition coefficient (Wildman–Crippen LogP) is 5.46. The molecule has 0 atom stereocenters. The Bertz CT molecular complexity index is 1010. The monoisotopic (exact) mass is 445 g/mol. The molecule has 1 heterocycles. The minimum absolute atomic E-state index is 0.124. The van der Waals surface area contributed by atoms with Crippen molar-refractivity contribution in [3.63, 3.8) is 0 Å². The molecule has 146 valence electrons. The molecule has 11 heteroatoms. The van der Waals surface area contributed by atoms with Crippen LogP contribution in [0.5, 0.6) is 0 Å². The van der Waals surface area contributed by atoms with E-state index in [0.29, 0.717) is 21.3 Å². The Morgan fingerprint density at radius 1 is 1.11 bits per heavy atom. The minimum Gasteiger partial charge on any atom is -0.331 e. The van der Waals surface area contributed by atoms with Gasteiger partial charge in [0.15, 0.2) is 5.11 Å². The first-order valence-electron chi connectivity index (χ1n) is 7.79. The lowest BCUT2D eigenvalue weighted by Gasteiger charge is -2.10. The van der Waals surface area contributed by atoms with E-state index >= 15 is 0 Å². The number of aromatic nitrogens is 3. The number of alkyl halides is 3. The van der Waals surface area contributed by atoms with Crippen LogP contribution in [0.2, 0.25) is 10.0 Å². The van der Waals surface area contributed by atoms with E-state index in [1.807, 2.05) is 0 Å². The highest BCUT2D eigenvalue weighted by atomic mass is 35.5. The first kappa shape index (κ1) is 20.4. The van der Waals surface area contributed by atoms with Crippen molar-refractivity contribution in [3.8, 4) is 0 Å². The zero-order valence-electron chi connectivity index (χ0n) is 14.0. The Balaban J connectivity index is 1.64. The molecular weight excluding hydrogens is 434 g/mol. The Labute approximate surface area is 173 Å². The third-order valence-corrected chi connectivity index (χ3v) is 4.31. The summed E-state index contributed by atoms with van der Waals surface area (Å²) in [6.45, 7) is 0.124. The molecule has 0 aliphatic rings. The molecule has 0 bridgehead atoms. The molecule has 0 unspecified atom stereocenters. The highest BCUT2D eigenvalue weighted by Crippen LogP contribution is 2.29. The summed E-state index contributed by atoms with van der Waals surface area (Å²) in [5.41, 5.74) is 0.236. The number of hydrogen-bond donors (Lipinski definition) is 2. The maximum Gasteiger partial charge on any atom is 0.416 e. The second kappa shape index (κ2) is 8.34. The molecule has 28 heavy (non-hydrogen) atoms. The molecule has 2 N–H and O–H groups in total. The van der Waals surface area contributed by atoms with Crippen molar-refractivity contribution >= 4 is 52.2 Å². The molecule has 0 aliphatic carbocycles. The largest absolute Gasteiger partial charge is 0.416 e. The molecule has 5 nitrogen and oxygen atoms in total. The molecule has 0 saturated heterocycles.